The fourth-order valence-electron chi connectivity index (χ4n) is 3.65. The van der Waals surface area contributed by atoms with Crippen molar-refractivity contribution >= 4 is 21.7 Å². The summed E-state index contributed by atoms with van der Waals surface area (Å²) >= 11 is 0. The minimum Gasteiger partial charge on any atom is -0.489 e. The number of nitrogens with zero attached hydrogens (tertiary/aromatic N) is 1. The molecule has 3 N–H and O–H groups in total. The normalized spacial score (nSPS) is 21.9. The van der Waals surface area contributed by atoms with E-state index in [0.29, 0.717) is 15.6 Å². The fraction of sp³-hybridized carbons (Fsp3) is 0.333. The number of hydrogen-bond acceptors (Lipinski definition) is 7. The van der Waals surface area contributed by atoms with Crippen LogP contribution in [0.2, 0.25) is 0 Å². The number of ketones is 1. The zero-order chi connectivity index (χ0) is 23.7. The maximum absolute atomic E-state index is 13.2. The molecule has 2 aromatic rings. The molecule has 1 amide bonds. The number of amides is 1. The molecule has 0 spiro atoms. The van der Waals surface area contributed by atoms with Crippen LogP contribution in [-0.4, -0.2) is 52.9 Å². The van der Waals surface area contributed by atoms with Crippen LogP contribution in [0.25, 0.3) is 0 Å². The van der Waals surface area contributed by atoms with Crippen LogP contribution in [-0.2, 0) is 26.2 Å². The third kappa shape index (κ3) is 4.80. The molecule has 0 saturated carbocycles. The summed E-state index contributed by atoms with van der Waals surface area (Å²) in [5.41, 5.74) is 0.807. The highest BCUT2D eigenvalue weighted by Crippen LogP contribution is 2.31. The van der Waals surface area contributed by atoms with Gasteiger partial charge in [0.25, 0.3) is 5.91 Å². The van der Waals surface area contributed by atoms with Crippen molar-refractivity contribution in [1.29, 1.82) is 0 Å². The zero-order valence-electron chi connectivity index (χ0n) is 17.4. The number of ether oxygens (including phenoxy) is 1. The van der Waals surface area contributed by atoms with E-state index in [0.717, 1.165) is 12.5 Å². The van der Waals surface area contributed by atoms with Gasteiger partial charge in [-0.25, -0.2) is 18.3 Å². The average Bonchev–Trinajstić information content (AvgIpc) is 2.71. The maximum Gasteiger partial charge on any atom is 0.264 e. The number of aliphatic hydroxyl groups is 1. The van der Waals surface area contributed by atoms with Gasteiger partial charge in [0.2, 0.25) is 10.0 Å². The Morgan fingerprint density at radius 3 is 2.53 bits per heavy atom. The van der Waals surface area contributed by atoms with Crippen LogP contribution >= 0.6 is 0 Å². The van der Waals surface area contributed by atoms with Crippen molar-refractivity contribution in [1.82, 2.24) is 9.79 Å². The summed E-state index contributed by atoms with van der Waals surface area (Å²) in [6, 6.07) is 7.86. The molecular weight excluding hydrogens is 443 g/mol. The molecule has 32 heavy (non-hydrogen) atoms. The topological polar surface area (TPSA) is 133 Å². The molecule has 3 rings (SSSR count). The van der Waals surface area contributed by atoms with Crippen LogP contribution in [0.3, 0.4) is 0 Å². The van der Waals surface area contributed by atoms with Crippen LogP contribution in [0.5, 0.6) is 5.75 Å². The molecule has 2 aromatic carbocycles. The molecule has 0 aliphatic carbocycles. The van der Waals surface area contributed by atoms with Crippen molar-refractivity contribution in [2.24, 2.45) is 0 Å². The van der Waals surface area contributed by atoms with Gasteiger partial charge in [0.15, 0.2) is 5.78 Å². The molecule has 1 saturated heterocycles. The van der Waals surface area contributed by atoms with Gasteiger partial charge < -0.3 is 9.84 Å². The lowest BCUT2D eigenvalue weighted by Gasteiger charge is -2.41. The predicted octanol–water partition coefficient (Wildman–Crippen LogP) is 1.30. The quantitative estimate of drug-likeness (QED) is 0.432. The first-order chi connectivity index (χ1) is 15.0. The molecule has 1 unspecified atom stereocenters. The molecule has 2 atom stereocenters. The summed E-state index contributed by atoms with van der Waals surface area (Å²) < 4.78 is 45.7. The number of carbonyl (C=O) groups is 2. The first-order valence-corrected chi connectivity index (χ1v) is 11.1. The van der Waals surface area contributed by atoms with Crippen LogP contribution in [0.4, 0.5) is 4.39 Å². The van der Waals surface area contributed by atoms with Gasteiger partial charge in [-0.2, -0.15) is 4.31 Å². The van der Waals surface area contributed by atoms with E-state index in [1.807, 2.05) is 0 Å². The first kappa shape index (κ1) is 23.8. The molecule has 172 valence electrons. The number of aryl methyl sites for hydroxylation is 1. The minimum atomic E-state index is -4.38. The Bertz CT molecular complexity index is 1130. The second-order valence-electron chi connectivity index (χ2n) is 7.83. The summed E-state index contributed by atoms with van der Waals surface area (Å²) in [4.78, 5) is 23.9. The van der Waals surface area contributed by atoms with Crippen molar-refractivity contribution < 1.29 is 37.4 Å². The number of rotatable bonds is 6. The van der Waals surface area contributed by atoms with E-state index in [-0.39, 0.29) is 17.3 Å². The molecule has 0 radical (unpaired) electrons. The molecular formula is C21H23FN2O7S. The molecule has 11 heteroatoms. The van der Waals surface area contributed by atoms with Gasteiger partial charge in [-0.15, -0.1) is 0 Å². The van der Waals surface area contributed by atoms with Crippen molar-refractivity contribution in [3.05, 3.63) is 59.4 Å². The highest BCUT2D eigenvalue weighted by molar-refractivity contribution is 7.89. The Balaban J connectivity index is 1.83. The van der Waals surface area contributed by atoms with Crippen LogP contribution in [0.15, 0.2) is 47.4 Å². The number of halogens is 1. The molecule has 1 fully saturated rings. The van der Waals surface area contributed by atoms with E-state index in [9.17, 15) is 27.5 Å². The Morgan fingerprint density at radius 2 is 1.94 bits per heavy atom. The summed E-state index contributed by atoms with van der Waals surface area (Å²) in [6.45, 7) is 2.41. The zero-order valence-corrected chi connectivity index (χ0v) is 18.2. The summed E-state index contributed by atoms with van der Waals surface area (Å²) in [5.74, 6) is -1.74. The Hall–Kier alpha value is -2.86. The molecule has 1 aliphatic rings. The lowest BCUT2D eigenvalue weighted by Crippen LogP contribution is -2.65. The van der Waals surface area contributed by atoms with Crippen molar-refractivity contribution in [3.8, 4) is 5.75 Å². The largest absolute Gasteiger partial charge is 0.489 e. The van der Waals surface area contributed by atoms with Gasteiger partial charge in [0.1, 0.15) is 24.2 Å². The number of benzene rings is 2. The number of piperidine rings is 1. The Kier molecular flexibility index (Phi) is 6.65. The van der Waals surface area contributed by atoms with Crippen LogP contribution in [0, 0.1) is 12.7 Å². The number of carbonyl (C=O) groups excluding carboxylic acids is 2. The molecule has 1 aliphatic heterocycles. The molecule has 9 nitrogen and oxygen atoms in total. The van der Waals surface area contributed by atoms with Gasteiger partial charge in [-0.1, -0.05) is 6.07 Å². The highest BCUT2D eigenvalue weighted by atomic mass is 32.2. The second-order valence-corrected chi connectivity index (χ2v) is 9.72. The third-order valence-electron chi connectivity index (χ3n) is 5.25. The van der Waals surface area contributed by atoms with E-state index in [1.54, 1.807) is 13.0 Å². The van der Waals surface area contributed by atoms with E-state index < -0.39 is 46.3 Å². The lowest BCUT2D eigenvalue weighted by atomic mass is 9.86. The fourth-order valence-corrected chi connectivity index (χ4v) is 5.32. The molecule has 0 bridgehead atoms. The van der Waals surface area contributed by atoms with Crippen LogP contribution < -0.4 is 10.2 Å². The van der Waals surface area contributed by atoms with Gasteiger partial charge in [0.05, 0.1) is 17.0 Å². The number of hydroxylamine groups is 1. The Labute approximate surface area is 184 Å². The third-order valence-corrected chi connectivity index (χ3v) is 7.08. The van der Waals surface area contributed by atoms with Crippen molar-refractivity contribution in [2.45, 2.75) is 43.4 Å². The standard InChI is InChI=1S/C21H23FN2O7S/c1-13-9-15(22)4-3-14(13)12-31-17-5-7-18(8-6-17)32(29,30)24-11-16(25)10-21(2,27)19(24)20(26)23-28/h3-9,19,27-28H,10-12H2,1-2H3,(H,23,26)/t19-,21?/m0/s1. The van der Waals surface area contributed by atoms with Gasteiger partial charge in [-0.05, 0) is 61.4 Å². The van der Waals surface area contributed by atoms with E-state index in [1.165, 1.54) is 41.9 Å². The number of Topliss-reactive ketones (excluding diaryl/α,β-unsaturated/α-hetero) is 1. The smallest absolute Gasteiger partial charge is 0.264 e. The number of hydrogen-bond donors (Lipinski definition) is 3. The van der Waals surface area contributed by atoms with Crippen molar-refractivity contribution in [2.75, 3.05) is 6.54 Å². The molecule has 1 heterocycles. The van der Waals surface area contributed by atoms with Gasteiger partial charge >= 0.3 is 0 Å². The van der Waals surface area contributed by atoms with Gasteiger partial charge in [-0.3, -0.25) is 14.8 Å². The highest BCUT2D eigenvalue weighted by Gasteiger charge is 2.52. The van der Waals surface area contributed by atoms with E-state index in [4.69, 9.17) is 9.94 Å². The van der Waals surface area contributed by atoms with Crippen LogP contribution in [0.1, 0.15) is 24.5 Å². The van der Waals surface area contributed by atoms with Crippen molar-refractivity contribution in [3.63, 3.8) is 0 Å². The SMILES string of the molecule is Cc1cc(F)ccc1COc1ccc(S(=O)(=O)N2CC(=O)CC(C)(O)[C@@H]2C(=O)NO)cc1. The predicted molar refractivity (Wildman–Crippen MR) is 110 cm³/mol. The Morgan fingerprint density at radius 1 is 1.28 bits per heavy atom. The first-order valence-electron chi connectivity index (χ1n) is 9.63. The van der Waals surface area contributed by atoms with Gasteiger partial charge in [0, 0.05) is 6.42 Å². The second kappa shape index (κ2) is 8.94. The van der Waals surface area contributed by atoms with E-state index in [2.05, 4.69) is 0 Å². The summed E-state index contributed by atoms with van der Waals surface area (Å²) in [5, 5.41) is 19.5. The van der Waals surface area contributed by atoms with E-state index >= 15 is 0 Å². The number of nitrogens with one attached hydrogen (secondary N) is 1. The maximum atomic E-state index is 13.2. The minimum absolute atomic E-state index is 0.139. The number of sulfonamides is 1. The summed E-state index contributed by atoms with van der Waals surface area (Å²) in [6.07, 6.45) is -0.438. The average molecular weight is 466 g/mol. The summed E-state index contributed by atoms with van der Waals surface area (Å²) in [7, 11) is -4.38. The molecule has 0 aromatic heterocycles. The monoisotopic (exact) mass is 466 g/mol. The lowest BCUT2D eigenvalue weighted by molar-refractivity contribution is -0.149.